The van der Waals surface area contributed by atoms with Crippen LogP contribution in [-0.4, -0.2) is 11.2 Å². The van der Waals surface area contributed by atoms with E-state index in [0.29, 0.717) is 17.5 Å². The summed E-state index contributed by atoms with van der Waals surface area (Å²) in [5.74, 6) is 0.655. The normalized spacial score (nSPS) is 12.2. The van der Waals surface area contributed by atoms with Gasteiger partial charge in [-0.25, -0.2) is 4.98 Å². The minimum Gasteiger partial charge on any atom is -0.488 e. The van der Waals surface area contributed by atoms with E-state index in [2.05, 4.69) is 4.98 Å². The zero-order chi connectivity index (χ0) is 13.8. The molecule has 0 amide bonds. The zero-order valence-electron chi connectivity index (χ0n) is 10.8. The van der Waals surface area contributed by atoms with Crippen LogP contribution in [0.3, 0.4) is 0 Å². The molecule has 0 aliphatic rings. The Balaban J connectivity index is 2.27. The number of hydrogen-bond acceptors (Lipinski definition) is 3. The molecule has 1 atom stereocenters. The molecule has 0 aliphatic heterocycles. The van der Waals surface area contributed by atoms with Gasteiger partial charge in [-0.1, -0.05) is 52.6 Å². The SMILES string of the molecule is Cc1nc(Cl)cc(OCc2ccccc2)c1S(C)=N. The molecule has 0 radical (unpaired) electrons. The molecule has 1 heterocycles. The van der Waals surface area contributed by atoms with Crippen LogP contribution >= 0.6 is 11.6 Å². The second kappa shape index (κ2) is 6.17. The second-order valence-corrected chi connectivity index (χ2v) is 5.96. The summed E-state index contributed by atoms with van der Waals surface area (Å²) in [6.45, 7) is 2.32. The van der Waals surface area contributed by atoms with Gasteiger partial charge in [0.1, 0.15) is 17.5 Å². The van der Waals surface area contributed by atoms with Crippen LogP contribution in [0.4, 0.5) is 0 Å². The highest BCUT2D eigenvalue weighted by Gasteiger charge is 2.12. The van der Waals surface area contributed by atoms with Crippen molar-refractivity contribution in [3.05, 3.63) is 52.8 Å². The molecule has 1 aromatic carbocycles. The van der Waals surface area contributed by atoms with Gasteiger partial charge < -0.3 is 4.74 Å². The van der Waals surface area contributed by atoms with Gasteiger partial charge in [-0.3, -0.25) is 4.78 Å². The van der Waals surface area contributed by atoms with Crippen LogP contribution in [0.1, 0.15) is 11.3 Å². The second-order valence-electron chi connectivity index (χ2n) is 4.14. The van der Waals surface area contributed by atoms with E-state index >= 15 is 0 Å². The molecule has 2 aromatic rings. The van der Waals surface area contributed by atoms with Crippen molar-refractivity contribution in [3.8, 4) is 5.75 Å². The van der Waals surface area contributed by atoms with Crippen LogP contribution in [0, 0.1) is 11.7 Å². The summed E-state index contributed by atoms with van der Waals surface area (Å²) in [6.07, 6.45) is 1.83. The molecule has 1 unspecified atom stereocenters. The minimum absolute atomic E-state index is 0.398. The van der Waals surface area contributed by atoms with Crippen LogP contribution in [-0.2, 0) is 17.3 Å². The molecule has 1 N–H and O–H groups in total. The van der Waals surface area contributed by atoms with Crippen molar-refractivity contribution < 1.29 is 4.74 Å². The molecular weight excluding hydrogens is 280 g/mol. The number of aromatic nitrogens is 1. The fraction of sp³-hybridized carbons (Fsp3) is 0.214. The molecule has 0 fully saturated rings. The first-order valence-corrected chi connectivity index (χ1v) is 7.80. The fourth-order valence-electron chi connectivity index (χ4n) is 1.81. The molecule has 0 spiro atoms. The van der Waals surface area contributed by atoms with Crippen LogP contribution in [0.2, 0.25) is 5.15 Å². The Bertz CT molecular complexity index is 602. The van der Waals surface area contributed by atoms with Gasteiger partial charge in [0.25, 0.3) is 0 Å². The number of ether oxygens (including phenoxy) is 1. The van der Waals surface area contributed by atoms with Crippen molar-refractivity contribution >= 4 is 22.3 Å². The summed E-state index contributed by atoms with van der Waals surface area (Å²) >= 11 is 5.96. The first-order chi connectivity index (χ1) is 9.08. The summed E-state index contributed by atoms with van der Waals surface area (Å²) < 4.78 is 13.7. The number of rotatable bonds is 4. The largest absolute Gasteiger partial charge is 0.488 e. The summed E-state index contributed by atoms with van der Waals surface area (Å²) in [7, 11) is -0.664. The van der Waals surface area contributed by atoms with Gasteiger partial charge >= 0.3 is 0 Å². The fourth-order valence-corrected chi connectivity index (χ4v) is 2.94. The average molecular weight is 295 g/mol. The van der Waals surface area contributed by atoms with Crippen LogP contribution in [0.5, 0.6) is 5.75 Å². The van der Waals surface area contributed by atoms with Gasteiger partial charge in [-0.15, -0.1) is 0 Å². The molecule has 2 rings (SSSR count). The Morgan fingerprint density at radius 2 is 2.00 bits per heavy atom. The lowest BCUT2D eigenvalue weighted by atomic mass is 10.2. The number of benzene rings is 1. The lowest BCUT2D eigenvalue weighted by molar-refractivity contribution is 0.298. The van der Waals surface area contributed by atoms with Crippen molar-refractivity contribution in [1.82, 2.24) is 4.98 Å². The molecule has 0 aliphatic carbocycles. The third-order valence-electron chi connectivity index (χ3n) is 2.62. The van der Waals surface area contributed by atoms with Crippen LogP contribution in [0.25, 0.3) is 0 Å². The van der Waals surface area contributed by atoms with Crippen molar-refractivity contribution in [2.24, 2.45) is 0 Å². The van der Waals surface area contributed by atoms with Gasteiger partial charge in [0.05, 0.1) is 10.6 Å². The first kappa shape index (κ1) is 14.0. The maximum Gasteiger partial charge on any atom is 0.139 e. The summed E-state index contributed by atoms with van der Waals surface area (Å²) in [4.78, 5) is 5.00. The first-order valence-electron chi connectivity index (χ1n) is 5.79. The Kier molecular flexibility index (Phi) is 4.56. The highest BCUT2D eigenvalue weighted by atomic mass is 35.5. The molecule has 0 saturated heterocycles. The molecule has 19 heavy (non-hydrogen) atoms. The average Bonchev–Trinajstić information content (AvgIpc) is 2.36. The van der Waals surface area contributed by atoms with Crippen LogP contribution in [0.15, 0.2) is 41.3 Å². The number of pyridine rings is 1. The van der Waals surface area contributed by atoms with Crippen molar-refractivity contribution in [2.45, 2.75) is 18.4 Å². The van der Waals surface area contributed by atoms with E-state index in [1.807, 2.05) is 43.5 Å². The van der Waals surface area contributed by atoms with Gasteiger partial charge in [-0.05, 0) is 18.7 Å². The van der Waals surface area contributed by atoms with Gasteiger partial charge in [0, 0.05) is 6.07 Å². The van der Waals surface area contributed by atoms with E-state index in [-0.39, 0.29) is 0 Å². The number of halogens is 1. The van der Waals surface area contributed by atoms with E-state index in [1.54, 1.807) is 6.07 Å². The topological polar surface area (TPSA) is 46.0 Å². The predicted octanol–water partition coefficient (Wildman–Crippen LogP) is 3.99. The number of nitrogens with zero attached hydrogens (tertiary/aromatic N) is 1. The Hall–Kier alpha value is -1.39. The summed E-state index contributed by atoms with van der Waals surface area (Å²) in [6, 6.07) is 11.6. The molecule has 100 valence electrons. The highest BCUT2D eigenvalue weighted by molar-refractivity contribution is 7.85. The standard InChI is InChI=1S/C14H15ClN2OS/c1-10-14(19(2)16)12(8-13(15)17-10)18-9-11-6-4-3-5-7-11/h3-8,16H,9H2,1-2H3. The van der Waals surface area contributed by atoms with Gasteiger partial charge in [-0.2, -0.15) is 0 Å². The van der Waals surface area contributed by atoms with Gasteiger partial charge in [0.2, 0.25) is 0 Å². The van der Waals surface area contributed by atoms with E-state index in [1.165, 1.54) is 0 Å². The zero-order valence-corrected chi connectivity index (χ0v) is 12.4. The van der Waals surface area contributed by atoms with Gasteiger partial charge in [0.15, 0.2) is 0 Å². The maximum absolute atomic E-state index is 7.92. The Labute approximate surface area is 120 Å². The third kappa shape index (κ3) is 3.55. The van der Waals surface area contributed by atoms with Crippen molar-refractivity contribution in [3.63, 3.8) is 0 Å². The lowest BCUT2D eigenvalue weighted by Crippen LogP contribution is -2.02. The molecule has 3 nitrogen and oxygen atoms in total. The minimum atomic E-state index is -0.664. The summed E-state index contributed by atoms with van der Waals surface area (Å²) in [5.41, 5.74) is 1.84. The third-order valence-corrected chi connectivity index (χ3v) is 3.92. The van der Waals surface area contributed by atoms with E-state index in [4.69, 9.17) is 21.1 Å². The van der Waals surface area contributed by atoms with E-state index < -0.39 is 10.7 Å². The maximum atomic E-state index is 7.92. The Morgan fingerprint density at radius 1 is 1.32 bits per heavy atom. The monoisotopic (exact) mass is 294 g/mol. The molecular formula is C14H15ClN2OS. The molecule has 0 bridgehead atoms. The number of nitrogens with one attached hydrogen (secondary N) is 1. The van der Waals surface area contributed by atoms with E-state index in [9.17, 15) is 0 Å². The number of hydrogen-bond donors (Lipinski definition) is 1. The Morgan fingerprint density at radius 3 is 2.63 bits per heavy atom. The molecule has 5 heteroatoms. The molecule has 1 aromatic heterocycles. The van der Waals surface area contributed by atoms with Crippen LogP contribution < -0.4 is 4.74 Å². The number of aryl methyl sites for hydroxylation is 1. The highest BCUT2D eigenvalue weighted by Crippen LogP contribution is 2.28. The summed E-state index contributed by atoms with van der Waals surface area (Å²) in [5, 5.41) is 0.398. The smallest absolute Gasteiger partial charge is 0.139 e. The quantitative estimate of drug-likeness (QED) is 0.867. The van der Waals surface area contributed by atoms with Crippen molar-refractivity contribution in [2.75, 3.05) is 6.26 Å². The predicted molar refractivity (Wildman–Crippen MR) is 79.0 cm³/mol. The van der Waals surface area contributed by atoms with E-state index in [0.717, 1.165) is 16.2 Å². The van der Waals surface area contributed by atoms with Crippen molar-refractivity contribution in [1.29, 1.82) is 4.78 Å². The molecule has 0 saturated carbocycles. The lowest BCUT2D eigenvalue weighted by Gasteiger charge is -2.13.